The third-order valence-electron chi connectivity index (χ3n) is 9.10. The molecule has 4 aromatic carbocycles. The van der Waals surface area contributed by atoms with Crippen molar-refractivity contribution in [1.29, 1.82) is 0 Å². The summed E-state index contributed by atoms with van der Waals surface area (Å²) >= 11 is 0. The van der Waals surface area contributed by atoms with Gasteiger partial charge in [0.25, 0.3) is 0 Å². The van der Waals surface area contributed by atoms with Crippen molar-refractivity contribution >= 4 is 59.9 Å². The second-order valence-electron chi connectivity index (χ2n) is 11.7. The maximum atomic E-state index is 4.92. The summed E-state index contributed by atoms with van der Waals surface area (Å²) in [6.07, 6.45) is 6.80. The molecule has 176 valence electrons. The van der Waals surface area contributed by atoms with Crippen molar-refractivity contribution < 1.29 is 0 Å². The standard InChI is InChI=1S/C33H29N3/c1-19-22-9-5-4-8-21(22)16-25-30-29-26(34-18-35-30)17-24(20-12-14-33(2,3)15-13-20)28-23-10-6-7-11-27(23)36(31(19)25)32(28)29/h4-11,16-18,20H,12-15H2,1-3H3. The predicted molar refractivity (Wildman–Crippen MR) is 151 cm³/mol. The van der Waals surface area contributed by atoms with Crippen molar-refractivity contribution in [2.75, 3.05) is 0 Å². The summed E-state index contributed by atoms with van der Waals surface area (Å²) in [5, 5.41) is 7.74. The van der Waals surface area contributed by atoms with Crippen LogP contribution in [0, 0.1) is 12.3 Å². The molecule has 0 N–H and O–H groups in total. The largest absolute Gasteiger partial charge is 0.307 e. The highest BCUT2D eigenvalue weighted by Crippen LogP contribution is 2.49. The molecule has 0 amide bonds. The smallest absolute Gasteiger partial charge is 0.116 e. The van der Waals surface area contributed by atoms with Crippen LogP contribution in [0.2, 0.25) is 0 Å². The van der Waals surface area contributed by atoms with Gasteiger partial charge in [-0.15, -0.1) is 0 Å². The molecule has 0 saturated heterocycles. The van der Waals surface area contributed by atoms with E-state index in [0.717, 1.165) is 11.0 Å². The zero-order chi connectivity index (χ0) is 24.2. The van der Waals surface area contributed by atoms with Gasteiger partial charge in [-0.2, -0.15) is 0 Å². The second-order valence-corrected chi connectivity index (χ2v) is 11.7. The zero-order valence-electron chi connectivity index (χ0n) is 21.1. The normalized spacial score (nSPS) is 17.0. The Hall–Kier alpha value is -3.72. The lowest BCUT2D eigenvalue weighted by Crippen LogP contribution is -2.20. The van der Waals surface area contributed by atoms with Crippen LogP contribution in [0.3, 0.4) is 0 Å². The Balaban J connectivity index is 1.63. The number of nitrogens with zero attached hydrogens (tertiary/aromatic N) is 3. The van der Waals surface area contributed by atoms with E-state index in [1.165, 1.54) is 85.7 Å². The molecule has 3 heterocycles. The summed E-state index contributed by atoms with van der Waals surface area (Å²) in [6.45, 7) is 7.12. The predicted octanol–water partition coefficient (Wildman–Crippen LogP) is 8.93. The van der Waals surface area contributed by atoms with Crippen LogP contribution in [0.5, 0.6) is 0 Å². The van der Waals surface area contributed by atoms with Gasteiger partial charge in [-0.25, -0.2) is 9.97 Å². The van der Waals surface area contributed by atoms with Gasteiger partial charge in [0.1, 0.15) is 6.33 Å². The Morgan fingerprint density at radius 1 is 0.806 bits per heavy atom. The summed E-state index contributed by atoms with van der Waals surface area (Å²) < 4.78 is 2.54. The van der Waals surface area contributed by atoms with E-state index in [4.69, 9.17) is 9.97 Å². The summed E-state index contributed by atoms with van der Waals surface area (Å²) in [6, 6.07) is 22.5. The van der Waals surface area contributed by atoms with Crippen LogP contribution in [0.15, 0.2) is 67.0 Å². The van der Waals surface area contributed by atoms with Crippen molar-refractivity contribution in [3.05, 3.63) is 78.1 Å². The quantitative estimate of drug-likeness (QED) is 0.178. The lowest BCUT2D eigenvalue weighted by Gasteiger charge is -2.35. The molecule has 1 fully saturated rings. The molecule has 1 aliphatic carbocycles. The van der Waals surface area contributed by atoms with E-state index in [9.17, 15) is 0 Å². The fourth-order valence-corrected chi connectivity index (χ4v) is 7.19. The molecule has 0 spiro atoms. The van der Waals surface area contributed by atoms with Gasteiger partial charge in [-0.05, 0) is 84.0 Å². The monoisotopic (exact) mass is 467 g/mol. The molecule has 36 heavy (non-hydrogen) atoms. The van der Waals surface area contributed by atoms with Crippen LogP contribution < -0.4 is 0 Å². The molecular formula is C33H29N3. The van der Waals surface area contributed by atoms with Gasteiger partial charge in [0, 0.05) is 16.2 Å². The third kappa shape index (κ3) is 2.58. The zero-order valence-corrected chi connectivity index (χ0v) is 21.1. The number of pyridine rings is 1. The lowest BCUT2D eigenvalue weighted by atomic mass is 9.70. The summed E-state index contributed by atoms with van der Waals surface area (Å²) in [5.74, 6) is 0.569. The summed E-state index contributed by atoms with van der Waals surface area (Å²) in [7, 11) is 0. The minimum atomic E-state index is 0.443. The van der Waals surface area contributed by atoms with Crippen molar-refractivity contribution in [1.82, 2.24) is 14.4 Å². The number of para-hydroxylation sites is 1. The number of aryl methyl sites for hydroxylation is 1. The Morgan fingerprint density at radius 2 is 1.56 bits per heavy atom. The third-order valence-corrected chi connectivity index (χ3v) is 9.10. The highest BCUT2D eigenvalue weighted by atomic mass is 14.9. The fourth-order valence-electron chi connectivity index (χ4n) is 7.19. The minimum Gasteiger partial charge on any atom is -0.307 e. The highest BCUT2D eigenvalue weighted by Gasteiger charge is 2.31. The van der Waals surface area contributed by atoms with E-state index in [-0.39, 0.29) is 0 Å². The first-order valence-electron chi connectivity index (χ1n) is 13.3. The first-order chi connectivity index (χ1) is 17.5. The topological polar surface area (TPSA) is 30.2 Å². The Morgan fingerprint density at radius 3 is 2.39 bits per heavy atom. The van der Waals surface area contributed by atoms with Crippen LogP contribution >= 0.6 is 0 Å². The van der Waals surface area contributed by atoms with E-state index in [1.54, 1.807) is 6.33 Å². The van der Waals surface area contributed by atoms with Gasteiger partial charge in [0.2, 0.25) is 0 Å². The maximum Gasteiger partial charge on any atom is 0.116 e. The average Bonchev–Trinajstić information content (AvgIpc) is 3.24. The van der Waals surface area contributed by atoms with E-state index in [1.807, 2.05) is 0 Å². The number of hydrogen-bond donors (Lipinski definition) is 0. The molecule has 0 bridgehead atoms. The van der Waals surface area contributed by atoms with Crippen LogP contribution in [-0.2, 0) is 0 Å². The van der Waals surface area contributed by atoms with Gasteiger partial charge >= 0.3 is 0 Å². The van der Waals surface area contributed by atoms with Crippen LogP contribution in [0.4, 0.5) is 0 Å². The Kier molecular flexibility index (Phi) is 3.95. The Bertz CT molecular complexity index is 1980. The van der Waals surface area contributed by atoms with Crippen LogP contribution in [0.25, 0.3) is 59.9 Å². The second kappa shape index (κ2) is 6.94. The van der Waals surface area contributed by atoms with Crippen molar-refractivity contribution in [2.24, 2.45) is 5.41 Å². The number of rotatable bonds is 1. The molecular weight excluding hydrogens is 438 g/mol. The molecule has 1 saturated carbocycles. The van der Waals surface area contributed by atoms with E-state index >= 15 is 0 Å². The fraction of sp³-hybridized carbons (Fsp3) is 0.273. The minimum absolute atomic E-state index is 0.443. The number of fused-ring (bicyclic) bond motifs is 7. The molecule has 0 atom stereocenters. The first-order valence-corrected chi connectivity index (χ1v) is 13.3. The number of aromatic nitrogens is 3. The number of hydrogen-bond acceptors (Lipinski definition) is 2. The van der Waals surface area contributed by atoms with E-state index in [2.05, 4.69) is 85.8 Å². The number of benzene rings is 4. The van der Waals surface area contributed by atoms with Crippen molar-refractivity contribution in [2.45, 2.75) is 52.4 Å². The molecule has 0 radical (unpaired) electrons. The summed E-state index contributed by atoms with van der Waals surface area (Å²) in [5.41, 5.74) is 9.24. The maximum absolute atomic E-state index is 4.92. The van der Waals surface area contributed by atoms with Crippen molar-refractivity contribution in [3.8, 4) is 0 Å². The Labute approximate surface area is 210 Å². The SMILES string of the molecule is Cc1c2ccccc2cc2c3ncnc4cc(C5CCC(C)(C)CC5)c5c6ccccc6n(c12)c5c43. The average molecular weight is 468 g/mol. The molecule has 7 aromatic rings. The molecule has 3 nitrogen and oxygen atoms in total. The first kappa shape index (κ1) is 20.5. The van der Waals surface area contributed by atoms with E-state index < -0.39 is 0 Å². The van der Waals surface area contributed by atoms with Crippen LogP contribution in [0.1, 0.15) is 56.6 Å². The lowest BCUT2D eigenvalue weighted by molar-refractivity contribution is 0.225. The van der Waals surface area contributed by atoms with Crippen molar-refractivity contribution in [3.63, 3.8) is 0 Å². The van der Waals surface area contributed by atoms with E-state index in [0.29, 0.717) is 11.3 Å². The molecule has 8 rings (SSSR count). The van der Waals surface area contributed by atoms with Gasteiger partial charge in [-0.3, -0.25) is 0 Å². The molecule has 3 heteroatoms. The summed E-state index contributed by atoms with van der Waals surface area (Å²) in [4.78, 5) is 9.77. The van der Waals surface area contributed by atoms with Gasteiger partial charge in [0.05, 0.1) is 33.0 Å². The molecule has 1 aliphatic rings. The molecule has 3 aromatic heterocycles. The molecule has 0 unspecified atom stereocenters. The van der Waals surface area contributed by atoms with Gasteiger partial charge < -0.3 is 4.40 Å². The molecule has 0 aliphatic heterocycles. The van der Waals surface area contributed by atoms with Gasteiger partial charge in [0.15, 0.2) is 0 Å². The highest BCUT2D eigenvalue weighted by molar-refractivity contribution is 6.29. The van der Waals surface area contributed by atoms with Gasteiger partial charge in [-0.1, -0.05) is 56.3 Å². The van der Waals surface area contributed by atoms with Crippen LogP contribution in [-0.4, -0.2) is 14.4 Å².